The molecule has 0 radical (unpaired) electrons. The fourth-order valence-electron chi connectivity index (χ4n) is 3.00. The molecule has 148 valence electrons. The Kier molecular flexibility index (Phi) is 4.89. The van der Waals surface area contributed by atoms with E-state index in [0.29, 0.717) is 23.6 Å². The SMILES string of the molecule is CCS(=O)(=O)Oc1ccc(CN(C(=O)c2ccc3c(c2)OCO3)C2CC2)cc1. The van der Waals surface area contributed by atoms with E-state index in [0.717, 1.165) is 18.4 Å². The lowest BCUT2D eigenvalue weighted by Gasteiger charge is -2.23. The number of hydrogen-bond acceptors (Lipinski definition) is 6. The summed E-state index contributed by atoms with van der Waals surface area (Å²) in [6.45, 7) is 2.14. The molecule has 0 saturated heterocycles. The summed E-state index contributed by atoms with van der Waals surface area (Å²) in [6, 6.07) is 12.2. The number of fused-ring (bicyclic) bond motifs is 1. The third-order valence-electron chi connectivity index (χ3n) is 4.72. The van der Waals surface area contributed by atoms with Crippen LogP contribution in [0.25, 0.3) is 0 Å². The number of hydrogen-bond donors (Lipinski definition) is 0. The highest BCUT2D eigenvalue weighted by Gasteiger charge is 2.33. The van der Waals surface area contributed by atoms with Crippen LogP contribution in [0.2, 0.25) is 0 Å². The molecular weight excluding hydrogens is 382 g/mol. The Labute approximate surface area is 163 Å². The van der Waals surface area contributed by atoms with E-state index in [2.05, 4.69) is 0 Å². The average molecular weight is 403 g/mol. The zero-order valence-electron chi connectivity index (χ0n) is 15.5. The summed E-state index contributed by atoms with van der Waals surface area (Å²) in [5.41, 5.74) is 1.47. The Bertz CT molecular complexity index is 982. The molecule has 1 amide bonds. The Balaban J connectivity index is 1.49. The molecule has 0 unspecified atom stereocenters. The second-order valence-electron chi connectivity index (χ2n) is 6.81. The minimum atomic E-state index is -3.55. The summed E-state index contributed by atoms with van der Waals surface area (Å²) in [5, 5.41) is 0. The maximum atomic E-state index is 13.0. The van der Waals surface area contributed by atoms with Gasteiger partial charge in [-0.3, -0.25) is 4.79 Å². The van der Waals surface area contributed by atoms with Gasteiger partial charge in [0.15, 0.2) is 11.5 Å². The first kappa shape index (κ1) is 18.6. The summed E-state index contributed by atoms with van der Waals surface area (Å²) in [6.07, 6.45) is 1.96. The number of carbonyl (C=O) groups excluding carboxylic acids is 1. The van der Waals surface area contributed by atoms with Crippen molar-refractivity contribution in [1.82, 2.24) is 4.90 Å². The van der Waals surface area contributed by atoms with Crippen molar-refractivity contribution in [3.8, 4) is 17.2 Å². The Morgan fingerprint density at radius 1 is 1.11 bits per heavy atom. The molecule has 1 heterocycles. The molecule has 2 aromatic carbocycles. The number of carbonyl (C=O) groups is 1. The molecule has 2 aliphatic rings. The van der Waals surface area contributed by atoms with E-state index in [1.807, 2.05) is 4.90 Å². The molecule has 0 spiro atoms. The first-order valence-electron chi connectivity index (χ1n) is 9.17. The summed E-state index contributed by atoms with van der Waals surface area (Å²) in [7, 11) is -3.55. The number of benzene rings is 2. The lowest BCUT2D eigenvalue weighted by molar-refractivity contribution is 0.0729. The topological polar surface area (TPSA) is 82.1 Å². The predicted octanol–water partition coefficient (Wildman–Crippen LogP) is 2.95. The smallest absolute Gasteiger partial charge is 0.308 e. The molecule has 1 saturated carbocycles. The molecule has 8 heteroatoms. The highest BCUT2D eigenvalue weighted by Crippen LogP contribution is 2.35. The van der Waals surface area contributed by atoms with E-state index < -0.39 is 10.1 Å². The summed E-state index contributed by atoms with van der Waals surface area (Å²) < 4.78 is 38.8. The van der Waals surface area contributed by atoms with Crippen molar-refractivity contribution in [3.63, 3.8) is 0 Å². The van der Waals surface area contributed by atoms with Crippen LogP contribution in [-0.2, 0) is 16.7 Å². The largest absolute Gasteiger partial charge is 0.454 e. The van der Waals surface area contributed by atoms with Crippen molar-refractivity contribution >= 4 is 16.0 Å². The Morgan fingerprint density at radius 3 is 2.50 bits per heavy atom. The van der Waals surface area contributed by atoms with Gasteiger partial charge in [0.25, 0.3) is 5.91 Å². The van der Waals surface area contributed by atoms with Crippen LogP contribution in [0.15, 0.2) is 42.5 Å². The van der Waals surface area contributed by atoms with Crippen molar-refractivity contribution in [2.45, 2.75) is 32.4 Å². The first-order chi connectivity index (χ1) is 13.4. The normalized spacial score (nSPS) is 15.3. The van der Waals surface area contributed by atoms with Gasteiger partial charge in [0.1, 0.15) is 5.75 Å². The zero-order chi connectivity index (χ0) is 19.7. The summed E-state index contributed by atoms with van der Waals surface area (Å²) in [4.78, 5) is 14.9. The quantitative estimate of drug-likeness (QED) is 0.661. The van der Waals surface area contributed by atoms with Gasteiger partial charge >= 0.3 is 10.1 Å². The number of nitrogens with zero attached hydrogens (tertiary/aromatic N) is 1. The van der Waals surface area contributed by atoms with Gasteiger partial charge in [0.05, 0.1) is 5.75 Å². The van der Waals surface area contributed by atoms with Crippen LogP contribution in [0.1, 0.15) is 35.7 Å². The fourth-order valence-corrected chi connectivity index (χ4v) is 3.52. The second kappa shape index (κ2) is 7.35. The van der Waals surface area contributed by atoms with Crippen LogP contribution in [-0.4, -0.2) is 37.8 Å². The molecule has 28 heavy (non-hydrogen) atoms. The molecule has 0 N–H and O–H groups in total. The van der Waals surface area contributed by atoms with Gasteiger partial charge in [-0.2, -0.15) is 8.42 Å². The monoisotopic (exact) mass is 403 g/mol. The van der Waals surface area contributed by atoms with Crippen molar-refractivity contribution in [3.05, 3.63) is 53.6 Å². The molecule has 4 rings (SSSR count). The Hall–Kier alpha value is -2.74. The average Bonchev–Trinajstić information content (AvgIpc) is 3.42. The van der Waals surface area contributed by atoms with Crippen LogP contribution in [0.3, 0.4) is 0 Å². The molecule has 1 aliphatic carbocycles. The van der Waals surface area contributed by atoms with Crippen LogP contribution in [0.4, 0.5) is 0 Å². The molecule has 0 bridgehead atoms. The van der Waals surface area contributed by atoms with Crippen LogP contribution in [0, 0.1) is 0 Å². The lowest BCUT2D eigenvalue weighted by atomic mass is 10.1. The van der Waals surface area contributed by atoms with Crippen LogP contribution < -0.4 is 13.7 Å². The van der Waals surface area contributed by atoms with Crippen LogP contribution >= 0.6 is 0 Å². The zero-order valence-corrected chi connectivity index (χ0v) is 16.3. The highest BCUT2D eigenvalue weighted by molar-refractivity contribution is 7.87. The third kappa shape index (κ3) is 4.06. The van der Waals surface area contributed by atoms with Crippen molar-refractivity contribution in [2.75, 3.05) is 12.5 Å². The number of amides is 1. The molecule has 1 aliphatic heterocycles. The van der Waals surface area contributed by atoms with E-state index in [1.165, 1.54) is 6.92 Å². The maximum absolute atomic E-state index is 13.0. The molecular formula is C20H21NO6S. The minimum Gasteiger partial charge on any atom is -0.454 e. The third-order valence-corrected chi connectivity index (χ3v) is 5.87. The van der Waals surface area contributed by atoms with E-state index in [1.54, 1.807) is 42.5 Å². The van der Waals surface area contributed by atoms with Gasteiger partial charge < -0.3 is 18.6 Å². The van der Waals surface area contributed by atoms with Gasteiger partial charge in [-0.25, -0.2) is 0 Å². The second-order valence-corrected chi connectivity index (χ2v) is 8.67. The number of ether oxygens (including phenoxy) is 2. The number of rotatable bonds is 7. The molecule has 0 aromatic heterocycles. The van der Waals surface area contributed by atoms with Gasteiger partial charge in [0, 0.05) is 18.2 Å². The molecule has 0 atom stereocenters. The predicted molar refractivity (Wildman–Crippen MR) is 102 cm³/mol. The maximum Gasteiger partial charge on any atom is 0.308 e. The molecule has 2 aromatic rings. The van der Waals surface area contributed by atoms with Crippen molar-refractivity contribution < 1.29 is 26.9 Å². The van der Waals surface area contributed by atoms with Crippen molar-refractivity contribution in [1.29, 1.82) is 0 Å². The fraction of sp³-hybridized carbons (Fsp3) is 0.350. The van der Waals surface area contributed by atoms with E-state index in [4.69, 9.17) is 13.7 Å². The van der Waals surface area contributed by atoms with Gasteiger partial charge in [0.2, 0.25) is 6.79 Å². The van der Waals surface area contributed by atoms with Gasteiger partial charge in [-0.1, -0.05) is 12.1 Å². The molecule has 1 fully saturated rings. The van der Waals surface area contributed by atoms with Crippen LogP contribution in [0.5, 0.6) is 17.2 Å². The Morgan fingerprint density at radius 2 is 1.82 bits per heavy atom. The van der Waals surface area contributed by atoms with Gasteiger partial charge in [-0.05, 0) is 55.7 Å². The first-order valence-corrected chi connectivity index (χ1v) is 10.7. The highest BCUT2D eigenvalue weighted by atomic mass is 32.2. The minimum absolute atomic E-state index is 0.0605. The standard InChI is InChI=1S/C20H21NO6S/c1-2-28(23,24)27-17-8-3-14(4-9-17)12-21(16-6-7-16)20(22)15-5-10-18-19(11-15)26-13-25-18/h3-5,8-11,16H,2,6-7,12-13H2,1H3. The van der Waals surface area contributed by atoms with Crippen molar-refractivity contribution in [2.24, 2.45) is 0 Å². The molecule has 7 nitrogen and oxygen atoms in total. The van der Waals surface area contributed by atoms with E-state index in [-0.39, 0.29) is 30.2 Å². The van der Waals surface area contributed by atoms with E-state index in [9.17, 15) is 13.2 Å². The summed E-state index contributed by atoms with van der Waals surface area (Å²) >= 11 is 0. The summed E-state index contributed by atoms with van der Waals surface area (Å²) in [5.74, 6) is 1.35. The lowest BCUT2D eigenvalue weighted by Crippen LogP contribution is -2.32. The van der Waals surface area contributed by atoms with Gasteiger partial charge in [-0.15, -0.1) is 0 Å². The van der Waals surface area contributed by atoms with E-state index >= 15 is 0 Å².